The first-order valence-electron chi connectivity index (χ1n) is 4.01. The van der Waals surface area contributed by atoms with Crippen molar-refractivity contribution in [3.05, 3.63) is 0 Å². The Bertz CT molecular complexity index is 213. The zero-order valence-electron chi connectivity index (χ0n) is 7.75. The van der Waals surface area contributed by atoms with Gasteiger partial charge in [0.25, 0.3) is 0 Å². The predicted octanol–water partition coefficient (Wildman–Crippen LogP) is 1.29. The fourth-order valence-electron chi connectivity index (χ4n) is 0.858. The second kappa shape index (κ2) is 5.04. The summed E-state index contributed by atoms with van der Waals surface area (Å²) in [4.78, 5) is 0. The van der Waals surface area contributed by atoms with Crippen LogP contribution in [-0.2, 0) is 10.0 Å². The Morgan fingerprint density at radius 2 is 1.92 bits per heavy atom. The Kier molecular flexibility index (Phi) is 5.13. The van der Waals surface area contributed by atoms with Crippen LogP contribution < -0.4 is 0 Å². The summed E-state index contributed by atoms with van der Waals surface area (Å²) in [5.74, 6) is 0.347. The number of nitrogens with zero attached hydrogens (tertiary/aromatic N) is 1. The number of sulfonamides is 1. The molecular formula is C7H16ClNO2S. The van der Waals surface area contributed by atoms with Crippen LogP contribution in [0.3, 0.4) is 0 Å². The van der Waals surface area contributed by atoms with Gasteiger partial charge in [0.2, 0.25) is 10.0 Å². The Balaban J connectivity index is 4.49. The van der Waals surface area contributed by atoms with Crippen LogP contribution in [0.2, 0.25) is 0 Å². The van der Waals surface area contributed by atoms with E-state index >= 15 is 0 Å². The molecule has 0 heterocycles. The van der Waals surface area contributed by atoms with E-state index in [2.05, 4.69) is 0 Å². The van der Waals surface area contributed by atoms with Crippen molar-refractivity contribution in [2.24, 2.45) is 0 Å². The summed E-state index contributed by atoms with van der Waals surface area (Å²) in [5, 5.41) is -0.360. The minimum absolute atomic E-state index is 0.347. The van der Waals surface area contributed by atoms with Crippen LogP contribution in [0.1, 0.15) is 20.8 Å². The van der Waals surface area contributed by atoms with Crippen molar-refractivity contribution < 1.29 is 8.42 Å². The molecule has 0 amide bonds. The maximum atomic E-state index is 11.5. The molecule has 0 radical (unpaired) electrons. The first-order valence-corrected chi connectivity index (χ1v) is 6.05. The largest absolute Gasteiger partial charge is 0.216 e. The van der Waals surface area contributed by atoms with Gasteiger partial charge in [-0.15, -0.1) is 11.6 Å². The summed E-state index contributed by atoms with van der Waals surface area (Å²) in [5.41, 5.74) is 0. The number of rotatable bonds is 5. The van der Waals surface area contributed by atoms with Gasteiger partial charge in [-0.2, -0.15) is 0 Å². The molecule has 0 saturated carbocycles. The summed E-state index contributed by atoms with van der Waals surface area (Å²) < 4.78 is 24.4. The highest BCUT2D eigenvalue weighted by Gasteiger charge is 2.23. The van der Waals surface area contributed by atoms with Crippen LogP contribution in [0, 0.1) is 0 Å². The standard InChI is InChI=1S/C7H16ClNO2S/c1-4-9(6-5-8)12(10,11)7(2)3/h7H,4-6H2,1-3H3. The van der Waals surface area contributed by atoms with Gasteiger partial charge in [0.05, 0.1) is 5.25 Å². The van der Waals surface area contributed by atoms with Crippen LogP contribution in [0.25, 0.3) is 0 Å². The number of alkyl halides is 1. The second-order valence-electron chi connectivity index (χ2n) is 2.77. The number of hydrogen-bond acceptors (Lipinski definition) is 2. The van der Waals surface area contributed by atoms with Crippen LogP contribution in [0.5, 0.6) is 0 Å². The molecule has 0 unspecified atom stereocenters. The third-order valence-corrected chi connectivity index (χ3v) is 4.16. The van der Waals surface area contributed by atoms with E-state index in [0.29, 0.717) is 19.0 Å². The van der Waals surface area contributed by atoms with Gasteiger partial charge in [0.15, 0.2) is 0 Å². The fourth-order valence-corrected chi connectivity index (χ4v) is 2.46. The van der Waals surface area contributed by atoms with Crippen molar-refractivity contribution in [3.8, 4) is 0 Å². The van der Waals surface area contributed by atoms with Gasteiger partial charge in [0, 0.05) is 19.0 Å². The van der Waals surface area contributed by atoms with E-state index in [4.69, 9.17) is 11.6 Å². The molecule has 0 aromatic rings. The number of halogens is 1. The molecule has 74 valence electrons. The van der Waals surface area contributed by atoms with Gasteiger partial charge in [-0.1, -0.05) is 6.92 Å². The van der Waals surface area contributed by atoms with E-state index in [-0.39, 0.29) is 5.25 Å². The Hall–Kier alpha value is 0.200. The molecular weight excluding hydrogens is 198 g/mol. The van der Waals surface area contributed by atoms with Gasteiger partial charge in [-0.25, -0.2) is 12.7 Å². The lowest BCUT2D eigenvalue weighted by atomic mass is 10.6. The third-order valence-electron chi connectivity index (χ3n) is 1.64. The van der Waals surface area contributed by atoms with E-state index in [0.717, 1.165) is 0 Å². The van der Waals surface area contributed by atoms with Crippen LogP contribution in [-0.4, -0.2) is 36.9 Å². The first kappa shape index (κ1) is 12.2. The maximum Gasteiger partial charge on any atom is 0.216 e. The smallest absolute Gasteiger partial charge is 0.212 e. The van der Waals surface area contributed by atoms with E-state index in [1.54, 1.807) is 13.8 Å². The second-order valence-corrected chi connectivity index (χ2v) is 5.64. The Labute approximate surface area is 79.8 Å². The molecule has 0 saturated heterocycles. The van der Waals surface area contributed by atoms with Crippen LogP contribution in [0.15, 0.2) is 0 Å². The van der Waals surface area contributed by atoms with Gasteiger partial charge >= 0.3 is 0 Å². The summed E-state index contributed by atoms with van der Waals surface area (Å²) in [6, 6.07) is 0. The molecule has 0 aliphatic heterocycles. The molecule has 12 heavy (non-hydrogen) atoms. The van der Waals surface area contributed by atoms with Gasteiger partial charge in [0.1, 0.15) is 0 Å². The zero-order valence-corrected chi connectivity index (χ0v) is 9.32. The molecule has 0 spiro atoms. The average Bonchev–Trinajstić information content (AvgIpc) is 1.99. The summed E-state index contributed by atoms with van der Waals surface area (Å²) >= 11 is 5.48. The molecule has 0 rings (SSSR count). The molecule has 0 atom stereocenters. The predicted molar refractivity (Wildman–Crippen MR) is 52.0 cm³/mol. The highest BCUT2D eigenvalue weighted by atomic mass is 35.5. The lowest BCUT2D eigenvalue weighted by Gasteiger charge is -2.21. The van der Waals surface area contributed by atoms with E-state index < -0.39 is 10.0 Å². The van der Waals surface area contributed by atoms with E-state index in [1.165, 1.54) is 4.31 Å². The molecule has 0 fully saturated rings. The monoisotopic (exact) mass is 213 g/mol. The van der Waals surface area contributed by atoms with Crippen molar-refractivity contribution in [1.29, 1.82) is 0 Å². The topological polar surface area (TPSA) is 37.4 Å². The average molecular weight is 214 g/mol. The molecule has 3 nitrogen and oxygen atoms in total. The quantitative estimate of drug-likeness (QED) is 0.646. The summed E-state index contributed by atoms with van der Waals surface area (Å²) in [6.07, 6.45) is 0. The molecule has 0 aromatic carbocycles. The van der Waals surface area contributed by atoms with Crippen molar-refractivity contribution >= 4 is 21.6 Å². The van der Waals surface area contributed by atoms with Crippen molar-refractivity contribution in [1.82, 2.24) is 4.31 Å². The zero-order chi connectivity index (χ0) is 9.78. The Morgan fingerprint density at radius 3 is 2.17 bits per heavy atom. The number of hydrogen-bond donors (Lipinski definition) is 0. The molecule has 0 aliphatic rings. The third kappa shape index (κ3) is 2.92. The van der Waals surface area contributed by atoms with Crippen molar-refractivity contribution in [2.45, 2.75) is 26.0 Å². The lowest BCUT2D eigenvalue weighted by molar-refractivity contribution is 0.440. The molecule has 0 bridgehead atoms. The van der Waals surface area contributed by atoms with Gasteiger partial charge < -0.3 is 0 Å². The van der Waals surface area contributed by atoms with Crippen molar-refractivity contribution in [3.63, 3.8) is 0 Å². The maximum absolute atomic E-state index is 11.5. The fraction of sp³-hybridized carbons (Fsp3) is 1.00. The SMILES string of the molecule is CCN(CCCl)S(=O)(=O)C(C)C. The highest BCUT2D eigenvalue weighted by Crippen LogP contribution is 2.07. The molecule has 5 heteroatoms. The van der Waals surface area contributed by atoms with Crippen LogP contribution in [0.4, 0.5) is 0 Å². The minimum Gasteiger partial charge on any atom is -0.212 e. The molecule has 0 N–H and O–H groups in total. The van der Waals surface area contributed by atoms with E-state index in [9.17, 15) is 8.42 Å². The van der Waals surface area contributed by atoms with Gasteiger partial charge in [-0.05, 0) is 13.8 Å². The van der Waals surface area contributed by atoms with Crippen molar-refractivity contribution in [2.75, 3.05) is 19.0 Å². The highest BCUT2D eigenvalue weighted by molar-refractivity contribution is 7.89. The van der Waals surface area contributed by atoms with E-state index in [1.807, 2.05) is 6.92 Å². The summed E-state index contributed by atoms with van der Waals surface area (Å²) in [6.45, 7) is 6.05. The minimum atomic E-state index is -3.10. The molecule has 0 aliphatic carbocycles. The normalized spacial score (nSPS) is 12.8. The lowest BCUT2D eigenvalue weighted by Crippen LogP contribution is -2.37. The first-order chi connectivity index (χ1) is 5.46. The Morgan fingerprint density at radius 1 is 1.42 bits per heavy atom. The molecule has 0 aromatic heterocycles. The summed E-state index contributed by atoms with van der Waals surface area (Å²) in [7, 11) is -3.10. The van der Waals surface area contributed by atoms with Crippen LogP contribution >= 0.6 is 11.6 Å². The van der Waals surface area contributed by atoms with Gasteiger partial charge in [-0.3, -0.25) is 0 Å².